The zero-order valence-electron chi connectivity index (χ0n) is 11.6. The Morgan fingerprint density at radius 2 is 1.78 bits per heavy atom. The Morgan fingerprint density at radius 1 is 1.17 bits per heavy atom. The van der Waals surface area contributed by atoms with E-state index in [-0.39, 0.29) is 6.10 Å². The van der Waals surface area contributed by atoms with Crippen molar-refractivity contribution in [1.29, 1.82) is 0 Å². The van der Waals surface area contributed by atoms with Crippen molar-refractivity contribution in [2.45, 2.75) is 52.4 Å². The van der Waals surface area contributed by atoms with Crippen LogP contribution in [0.15, 0.2) is 24.3 Å². The lowest BCUT2D eigenvalue weighted by atomic mass is 10.1. The third kappa shape index (κ3) is 5.85. The van der Waals surface area contributed by atoms with Crippen LogP contribution in [0, 0.1) is 0 Å². The van der Waals surface area contributed by atoms with Crippen molar-refractivity contribution in [2.24, 2.45) is 0 Å². The van der Waals surface area contributed by atoms with Crippen molar-refractivity contribution in [3.63, 3.8) is 0 Å². The number of hydrogen-bond acceptors (Lipinski definition) is 2. The zero-order valence-corrected chi connectivity index (χ0v) is 12.3. The number of halogens is 1. The summed E-state index contributed by atoms with van der Waals surface area (Å²) in [4.78, 5) is 0. The number of ether oxygens (including phenoxy) is 1. The fraction of sp³-hybridized carbons (Fsp3) is 0.600. The molecule has 2 nitrogen and oxygen atoms in total. The maximum atomic E-state index is 5.84. The molecule has 1 aromatic carbocycles. The Bertz CT molecular complexity index is 322. The molecule has 1 unspecified atom stereocenters. The molecule has 0 spiro atoms. The van der Waals surface area contributed by atoms with Crippen molar-refractivity contribution >= 4 is 11.6 Å². The van der Waals surface area contributed by atoms with Gasteiger partial charge in [-0.25, -0.2) is 0 Å². The third-order valence-electron chi connectivity index (χ3n) is 3.13. The number of rotatable bonds is 8. The predicted molar refractivity (Wildman–Crippen MR) is 78.1 cm³/mol. The van der Waals surface area contributed by atoms with Gasteiger partial charge in [0.1, 0.15) is 0 Å². The molecule has 0 amide bonds. The highest BCUT2D eigenvalue weighted by molar-refractivity contribution is 6.30. The van der Waals surface area contributed by atoms with E-state index in [4.69, 9.17) is 16.3 Å². The summed E-state index contributed by atoms with van der Waals surface area (Å²) in [5, 5.41) is 4.28. The van der Waals surface area contributed by atoms with Gasteiger partial charge < -0.3 is 10.1 Å². The van der Waals surface area contributed by atoms with Crippen LogP contribution in [-0.4, -0.2) is 18.7 Å². The summed E-state index contributed by atoms with van der Waals surface area (Å²) in [5.74, 6) is 0. The molecule has 0 saturated carbocycles. The predicted octanol–water partition coefficient (Wildman–Crippen LogP) is 4.02. The lowest BCUT2D eigenvalue weighted by Gasteiger charge is -2.19. The molecule has 1 atom stereocenters. The molecule has 0 bridgehead atoms. The van der Waals surface area contributed by atoms with Crippen LogP contribution in [0.1, 0.15) is 39.2 Å². The van der Waals surface area contributed by atoms with Crippen molar-refractivity contribution in [3.8, 4) is 0 Å². The Hall–Kier alpha value is -0.570. The first-order valence-corrected chi connectivity index (χ1v) is 7.12. The molecule has 0 saturated heterocycles. The van der Waals surface area contributed by atoms with Crippen molar-refractivity contribution < 1.29 is 4.74 Å². The van der Waals surface area contributed by atoms with Crippen LogP contribution in [0.25, 0.3) is 0 Å². The van der Waals surface area contributed by atoms with E-state index >= 15 is 0 Å². The van der Waals surface area contributed by atoms with E-state index < -0.39 is 0 Å². The Morgan fingerprint density at radius 3 is 2.33 bits per heavy atom. The second-order valence-electron chi connectivity index (χ2n) is 4.67. The Kier molecular flexibility index (Phi) is 7.33. The SMILES string of the molecule is CCC(CC)NCC(C)OCc1ccc(Cl)cc1. The normalized spacial score (nSPS) is 12.9. The van der Waals surface area contributed by atoms with Crippen molar-refractivity contribution in [1.82, 2.24) is 5.32 Å². The van der Waals surface area contributed by atoms with Gasteiger partial charge in [0, 0.05) is 17.6 Å². The minimum Gasteiger partial charge on any atom is -0.373 e. The van der Waals surface area contributed by atoms with Gasteiger partial charge >= 0.3 is 0 Å². The number of benzene rings is 1. The van der Waals surface area contributed by atoms with Gasteiger partial charge in [-0.1, -0.05) is 37.6 Å². The van der Waals surface area contributed by atoms with E-state index in [1.807, 2.05) is 24.3 Å². The van der Waals surface area contributed by atoms with Crippen molar-refractivity contribution in [3.05, 3.63) is 34.9 Å². The van der Waals surface area contributed by atoms with Crippen LogP contribution < -0.4 is 5.32 Å². The highest BCUT2D eigenvalue weighted by Crippen LogP contribution is 2.11. The van der Waals surface area contributed by atoms with E-state index in [2.05, 4.69) is 26.1 Å². The second kappa shape index (κ2) is 8.52. The second-order valence-corrected chi connectivity index (χ2v) is 5.11. The molecule has 3 heteroatoms. The largest absolute Gasteiger partial charge is 0.373 e. The van der Waals surface area contributed by atoms with Crippen LogP contribution in [0.4, 0.5) is 0 Å². The average Bonchev–Trinajstić information content (AvgIpc) is 2.39. The minimum atomic E-state index is 0.223. The maximum absolute atomic E-state index is 5.84. The monoisotopic (exact) mass is 269 g/mol. The number of nitrogens with one attached hydrogen (secondary N) is 1. The first kappa shape index (κ1) is 15.5. The summed E-state index contributed by atoms with van der Waals surface area (Å²) in [6.45, 7) is 8.06. The molecule has 102 valence electrons. The molecule has 0 aliphatic rings. The van der Waals surface area contributed by atoms with Crippen LogP contribution in [-0.2, 0) is 11.3 Å². The van der Waals surface area contributed by atoms with Crippen LogP contribution in [0.3, 0.4) is 0 Å². The molecule has 0 aromatic heterocycles. The van der Waals surface area contributed by atoms with Crippen LogP contribution in [0.2, 0.25) is 5.02 Å². The lowest BCUT2D eigenvalue weighted by molar-refractivity contribution is 0.0511. The summed E-state index contributed by atoms with van der Waals surface area (Å²) in [7, 11) is 0. The first-order chi connectivity index (χ1) is 8.65. The van der Waals surface area contributed by atoms with E-state index in [1.165, 1.54) is 12.8 Å². The number of hydrogen-bond donors (Lipinski definition) is 1. The van der Waals surface area contributed by atoms with Crippen LogP contribution >= 0.6 is 11.6 Å². The Balaban J connectivity index is 2.24. The zero-order chi connectivity index (χ0) is 13.4. The first-order valence-electron chi connectivity index (χ1n) is 6.75. The molecule has 0 aliphatic carbocycles. The summed E-state index contributed by atoms with van der Waals surface area (Å²) < 4.78 is 5.80. The molecule has 0 aliphatic heterocycles. The van der Waals surface area contributed by atoms with Gasteiger partial charge in [-0.05, 0) is 37.5 Å². The molecule has 0 heterocycles. The van der Waals surface area contributed by atoms with Gasteiger partial charge in [-0.15, -0.1) is 0 Å². The summed E-state index contributed by atoms with van der Waals surface area (Å²) in [5.41, 5.74) is 1.16. The van der Waals surface area contributed by atoms with Gasteiger partial charge in [0.15, 0.2) is 0 Å². The molecule has 1 aromatic rings. The molecular formula is C15H24ClNO. The van der Waals surface area contributed by atoms with Gasteiger partial charge in [-0.3, -0.25) is 0 Å². The van der Waals surface area contributed by atoms with E-state index in [1.54, 1.807) is 0 Å². The smallest absolute Gasteiger partial charge is 0.0721 e. The maximum Gasteiger partial charge on any atom is 0.0721 e. The van der Waals surface area contributed by atoms with E-state index in [0.29, 0.717) is 12.6 Å². The van der Waals surface area contributed by atoms with E-state index in [9.17, 15) is 0 Å². The fourth-order valence-corrected chi connectivity index (χ4v) is 1.91. The average molecular weight is 270 g/mol. The summed E-state index contributed by atoms with van der Waals surface area (Å²) in [6.07, 6.45) is 2.56. The fourth-order valence-electron chi connectivity index (χ4n) is 1.79. The molecule has 1 rings (SSSR count). The third-order valence-corrected chi connectivity index (χ3v) is 3.38. The quantitative estimate of drug-likeness (QED) is 0.770. The van der Waals surface area contributed by atoms with Gasteiger partial charge in [-0.2, -0.15) is 0 Å². The molecule has 1 N–H and O–H groups in total. The molecule has 18 heavy (non-hydrogen) atoms. The Labute approximate surface area is 116 Å². The standard InChI is InChI=1S/C15H24ClNO/c1-4-15(5-2)17-10-12(3)18-11-13-6-8-14(16)9-7-13/h6-9,12,15,17H,4-5,10-11H2,1-3H3. The van der Waals surface area contributed by atoms with Gasteiger partial charge in [0.25, 0.3) is 0 Å². The van der Waals surface area contributed by atoms with E-state index in [0.717, 1.165) is 17.1 Å². The molecular weight excluding hydrogens is 246 g/mol. The van der Waals surface area contributed by atoms with Gasteiger partial charge in [0.05, 0.1) is 12.7 Å². The highest BCUT2D eigenvalue weighted by Gasteiger charge is 2.06. The highest BCUT2D eigenvalue weighted by atomic mass is 35.5. The summed E-state index contributed by atoms with van der Waals surface area (Å²) in [6, 6.07) is 8.40. The van der Waals surface area contributed by atoms with Gasteiger partial charge in [0.2, 0.25) is 0 Å². The molecule has 0 fully saturated rings. The van der Waals surface area contributed by atoms with Crippen molar-refractivity contribution in [2.75, 3.05) is 6.54 Å². The topological polar surface area (TPSA) is 21.3 Å². The summed E-state index contributed by atoms with van der Waals surface area (Å²) >= 11 is 5.84. The molecule has 0 radical (unpaired) electrons. The van der Waals surface area contributed by atoms with Crippen LogP contribution in [0.5, 0.6) is 0 Å². The minimum absolute atomic E-state index is 0.223. The lowest BCUT2D eigenvalue weighted by Crippen LogP contribution is -2.34.